The molecule has 0 saturated carbocycles. The third-order valence-corrected chi connectivity index (χ3v) is 2.12. The topological polar surface area (TPSA) is 78.9 Å². The van der Waals surface area contributed by atoms with E-state index in [0.717, 1.165) is 24.5 Å². The minimum absolute atomic E-state index is 0.227. The molecule has 0 radical (unpaired) electrons. The van der Waals surface area contributed by atoms with Gasteiger partial charge in [0.1, 0.15) is 5.82 Å². The summed E-state index contributed by atoms with van der Waals surface area (Å²) in [6.45, 7) is 4.08. The van der Waals surface area contributed by atoms with Crippen LogP contribution in [0.3, 0.4) is 0 Å². The molecular weight excluding hydrogens is 194 g/mol. The quantitative estimate of drug-likeness (QED) is 0.702. The van der Waals surface area contributed by atoms with Crippen molar-refractivity contribution in [3.8, 4) is 0 Å². The van der Waals surface area contributed by atoms with Crippen LogP contribution in [0.25, 0.3) is 0 Å². The first-order chi connectivity index (χ1) is 7.09. The van der Waals surface area contributed by atoms with E-state index in [-0.39, 0.29) is 6.42 Å². The van der Waals surface area contributed by atoms with Gasteiger partial charge in [0, 0.05) is 18.8 Å². The first-order valence-corrected chi connectivity index (χ1v) is 5.22. The summed E-state index contributed by atoms with van der Waals surface area (Å²) < 4.78 is 0. The second-order valence-corrected chi connectivity index (χ2v) is 3.90. The van der Waals surface area contributed by atoms with Gasteiger partial charge in [0.2, 0.25) is 0 Å². The monoisotopic (exact) mass is 211 g/mol. The summed E-state index contributed by atoms with van der Waals surface area (Å²) in [6, 6.07) is 0. The maximum absolute atomic E-state index is 10.3. The molecule has 5 heteroatoms. The molecule has 0 aliphatic carbocycles. The Kier molecular flexibility index (Phi) is 4.27. The molecule has 0 aliphatic heterocycles. The predicted molar refractivity (Wildman–Crippen MR) is 55.7 cm³/mol. The van der Waals surface area contributed by atoms with Gasteiger partial charge in [0.15, 0.2) is 5.82 Å². The Bertz CT molecular complexity index is 320. The molecule has 5 nitrogen and oxygen atoms in total. The lowest BCUT2D eigenvalue weighted by Gasteiger charge is -1.95. The molecule has 1 aromatic rings. The number of aromatic amines is 1. The number of nitrogens with zero attached hydrogens (tertiary/aromatic N) is 2. The summed E-state index contributed by atoms with van der Waals surface area (Å²) in [5.74, 6) is 1.26. The molecular formula is C10H17N3O2. The number of aromatic nitrogens is 3. The summed E-state index contributed by atoms with van der Waals surface area (Å²) in [4.78, 5) is 14.6. The number of rotatable bonds is 6. The standard InChI is InChI=1S/C10H17N3O2/c1-7(2)10-11-8(12-13-10)5-3-4-6-9(14)15/h7H,3-6H2,1-2H3,(H,14,15)(H,11,12,13). The van der Waals surface area contributed by atoms with Gasteiger partial charge in [-0.2, -0.15) is 5.10 Å². The van der Waals surface area contributed by atoms with Crippen molar-refractivity contribution in [2.45, 2.75) is 45.4 Å². The van der Waals surface area contributed by atoms with Crippen LogP contribution in [0.15, 0.2) is 0 Å². The Labute approximate surface area is 88.9 Å². The van der Waals surface area contributed by atoms with Gasteiger partial charge < -0.3 is 5.11 Å². The second kappa shape index (κ2) is 5.48. The van der Waals surface area contributed by atoms with E-state index >= 15 is 0 Å². The smallest absolute Gasteiger partial charge is 0.303 e. The van der Waals surface area contributed by atoms with E-state index < -0.39 is 5.97 Å². The number of aryl methyl sites for hydroxylation is 1. The summed E-state index contributed by atoms with van der Waals surface area (Å²) in [5, 5.41) is 15.4. The van der Waals surface area contributed by atoms with Crippen molar-refractivity contribution in [3.63, 3.8) is 0 Å². The lowest BCUT2D eigenvalue weighted by atomic mass is 10.2. The van der Waals surface area contributed by atoms with E-state index in [1.807, 2.05) is 13.8 Å². The largest absolute Gasteiger partial charge is 0.481 e. The van der Waals surface area contributed by atoms with E-state index in [1.54, 1.807) is 0 Å². The summed E-state index contributed by atoms with van der Waals surface area (Å²) in [6.07, 6.45) is 2.52. The molecule has 0 aromatic carbocycles. The van der Waals surface area contributed by atoms with Crippen LogP contribution in [0, 0.1) is 0 Å². The minimum atomic E-state index is -0.740. The number of aliphatic carboxylic acids is 1. The van der Waals surface area contributed by atoms with E-state index in [1.165, 1.54) is 0 Å². The highest BCUT2D eigenvalue weighted by atomic mass is 16.4. The Morgan fingerprint density at radius 1 is 1.47 bits per heavy atom. The first-order valence-electron chi connectivity index (χ1n) is 5.22. The van der Waals surface area contributed by atoms with Crippen LogP contribution < -0.4 is 0 Å². The maximum atomic E-state index is 10.3. The number of carbonyl (C=O) groups is 1. The molecule has 0 atom stereocenters. The molecule has 0 fully saturated rings. The fourth-order valence-electron chi connectivity index (χ4n) is 1.25. The van der Waals surface area contributed by atoms with Gasteiger partial charge in [-0.05, 0) is 12.8 Å². The van der Waals surface area contributed by atoms with Gasteiger partial charge in [-0.25, -0.2) is 4.98 Å². The second-order valence-electron chi connectivity index (χ2n) is 3.90. The van der Waals surface area contributed by atoms with Gasteiger partial charge in [0.25, 0.3) is 0 Å². The Balaban J connectivity index is 2.28. The fraction of sp³-hybridized carbons (Fsp3) is 0.700. The number of hydrogen-bond donors (Lipinski definition) is 2. The number of carboxylic acids is 1. The van der Waals surface area contributed by atoms with Crippen molar-refractivity contribution >= 4 is 5.97 Å². The lowest BCUT2D eigenvalue weighted by molar-refractivity contribution is -0.137. The predicted octanol–water partition coefficient (Wildman–Crippen LogP) is 1.73. The van der Waals surface area contributed by atoms with Crippen molar-refractivity contribution in [2.24, 2.45) is 0 Å². The number of unbranched alkanes of at least 4 members (excludes halogenated alkanes) is 1. The highest BCUT2D eigenvalue weighted by Gasteiger charge is 2.06. The molecule has 0 spiro atoms. The van der Waals surface area contributed by atoms with Crippen molar-refractivity contribution in [1.29, 1.82) is 0 Å². The van der Waals surface area contributed by atoms with Crippen LogP contribution in [0.1, 0.15) is 50.7 Å². The van der Waals surface area contributed by atoms with E-state index in [0.29, 0.717) is 12.3 Å². The maximum Gasteiger partial charge on any atom is 0.303 e. The lowest BCUT2D eigenvalue weighted by Crippen LogP contribution is -1.96. The van der Waals surface area contributed by atoms with Crippen LogP contribution in [0.4, 0.5) is 0 Å². The van der Waals surface area contributed by atoms with Crippen LogP contribution in [-0.4, -0.2) is 26.3 Å². The SMILES string of the molecule is CC(C)c1n[nH]c(CCCCC(=O)O)n1. The van der Waals surface area contributed by atoms with Crippen molar-refractivity contribution in [3.05, 3.63) is 11.6 Å². The van der Waals surface area contributed by atoms with Gasteiger partial charge in [-0.15, -0.1) is 0 Å². The summed E-state index contributed by atoms with van der Waals surface area (Å²) in [5.41, 5.74) is 0. The number of carboxylic acid groups (broad SMARTS) is 1. The number of H-pyrrole nitrogens is 1. The van der Waals surface area contributed by atoms with Crippen LogP contribution in [0.2, 0.25) is 0 Å². The van der Waals surface area contributed by atoms with Gasteiger partial charge >= 0.3 is 5.97 Å². The first kappa shape index (κ1) is 11.7. The van der Waals surface area contributed by atoms with Crippen molar-refractivity contribution in [1.82, 2.24) is 15.2 Å². The van der Waals surface area contributed by atoms with Gasteiger partial charge in [0.05, 0.1) is 0 Å². The Morgan fingerprint density at radius 2 is 2.20 bits per heavy atom. The minimum Gasteiger partial charge on any atom is -0.481 e. The summed E-state index contributed by atoms with van der Waals surface area (Å²) in [7, 11) is 0. The van der Waals surface area contributed by atoms with Crippen LogP contribution in [-0.2, 0) is 11.2 Å². The zero-order valence-electron chi connectivity index (χ0n) is 9.16. The van der Waals surface area contributed by atoms with Crippen LogP contribution in [0.5, 0.6) is 0 Å². The van der Waals surface area contributed by atoms with Gasteiger partial charge in [-0.3, -0.25) is 9.89 Å². The molecule has 0 bridgehead atoms. The summed E-state index contributed by atoms with van der Waals surface area (Å²) >= 11 is 0. The highest BCUT2D eigenvalue weighted by Crippen LogP contribution is 2.09. The molecule has 15 heavy (non-hydrogen) atoms. The van der Waals surface area contributed by atoms with Crippen LogP contribution >= 0.6 is 0 Å². The average molecular weight is 211 g/mol. The average Bonchev–Trinajstić information content (AvgIpc) is 2.60. The molecule has 2 N–H and O–H groups in total. The number of nitrogens with one attached hydrogen (secondary N) is 1. The Hall–Kier alpha value is -1.39. The zero-order valence-corrected chi connectivity index (χ0v) is 9.16. The highest BCUT2D eigenvalue weighted by molar-refractivity contribution is 5.66. The molecule has 1 aromatic heterocycles. The Morgan fingerprint density at radius 3 is 2.73 bits per heavy atom. The van der Waals surface area contributed by atoms with Gasteiger partial charge in [-0.1, -0.05) is 13.8 Å². The normalized spacial score (nSPS) is 10.9. The molecule has 1 heterocycles. The molecule has 0 amide bonds. The van der Waals surface area contributed by atoms with E-state index in [9.17, 15) is 4.79 Å². The van der Waals surface area contributed by atoms with E-state index in [4.69, 9.17) is 5.11 Å². The molecule has 1 rings (SSSR count). The molecule has 0 aliphatic rings. The fourth-order valence-corrected chi connectivity index (χ4v) is 1.25. The third kappa shape index (κ3) is 4.10. The molecule has 84 valence electrons. The zero-order chi connectivity index (χ0) is 11.3. The van der Waals surface area contributed by atoms with Crippen molar-refractivity contribution in [2.75, 3.05) is 0 Å². The van der Waals surface area contributed by atoms with E-state index in [2.05, 4.69) is 15.2 Å². The third-order valence-electron chi connectivity index (χ3n) is 2.12. The van der Waals surface area contributed by atoms with Crippen molar-refractivity contribution < 1.29 is 9.90 Å². The molecule has 0 unspecified atom stereocenters. The molecule has 0 saturated heterocycles. The number of hydrogen-bond acceptors (Lipinski definition) is 3.